The number of benzene rings is 2. The van der Waals surface area contributed by atoms with Crippen molar-refractivity contribution in [3.8, 4) is 5.75 Å². The van der Waals surface area contributed by atoms with Gasteiger partial charge >= 0.3 is 5.97 Å². The lowest BCUT2D eigenvalue weighted by Gasteiger charge is -2.06. The second-order valence-electron chi connectivity index (χ2n) is 4.97. The molecule has 21 heavy (non-hydrogen) atoms. The van der Waals surface area contributed by atoms with Crippen molar-refractivity contribution in [2.75, 3.05) is 0 Å². The van der Waals surface area contributed by atoms with E-state index in [9.17, 15) is 4.79 Å². The second kappa shape index (κ2) is 7.44. The van der Waals surface area contributed by atoms with Gasteiger partial charge in [0.25, 0.3) is 0 Å². The highest BCUT2D eigenvalue weighted by atomic mass is 16.5. The number of ether oxygens (including phenoxy) is 1. The van der Waals surface area contributed by atoms with Gasteiger partial charge in [-0.25, -0.2) is 4.79 Å². The van der Waals surface area contributed by atoms with Crippen LogP contribution in [0.25, 0.3) is 0 Å². The van der Waals surface area contributed by atoms with Gasteiger partial charge < -0.3 is 4.74 Å². The fourth-order valence-corrected chi connectivity index (χ4v) is 2.12. The summed E-state index contributed by atoms with van der Waals surface area (Å²) in [6, 6.07) is 15.1. The lowest BCUT2D eigenvalue weighted by atomic mass is 10.1. The fraction of sp³-hybridized carbons (Fsp3) is 0.211. The zero-order valence-electron chi connectivity index (χ0n) is 12.3. The molecule has 0 heterocycles. The van der Waals surface area contributed by atoms with Gasteiger partial charge in [0.05, 0.1) is 5.56 Å². The summed E-state index contributed by atoms with van der Waals surface area (Å²) in [5.41, 5.74) is 2.94. The molecule has 2 nitrogen and oxygen atoms in total. The highest BCUT2D eigenvalue weighted by Gasteiger charge is 2.08. The molecule has 0 radical (unpaired) electrons. The maximum Gasteiger partial charge on any atom is 0.343 e. The van der Waals surface area contributed by atoms with Gasteiger partial charge in [0.1, 0.15) is 5.75 Å². The fourth-order valence-electron chi connectivity index (χ4n) is 2.12. The largest absolute Gasteiger partial charge is 0.423 e. The Morgan fingerprint density at radius 1 is 1.05 bits per heavy atom. The second-order valence-corrected chi connectivity index (χ2v) is 4.97. The van der Waals surface area contributed by atoms with Gasteiger partial charge in [0.15, 0.2) is 0 Å². The zero-order valence-corrected chi connectivity index (χ0v) is 12.3. The van der Waals surface area contributed by atoms with Crippen molar-refractivity contribution >= 4 is 5.97 Å². The van der Waals surface area contributed by atoms with E-state index in [4.69, 9.17) is 4.74 Å². The molecule has 0 aromatic heterocycles. The van der Waals surface area contributed by atoms with Crippen LogP contribution in [0.3, 0.4) is 0 Å². The highest BCUT2D eigenvalue weighted by Crippen LogP contribution is 2.15. The smallest absolute Gasteiger partial charge is 0.343 e. The molecule has 0 bridgehead atoms. The van der Waals surface area contributed by atoms with Gasteiger partial charge in [-0.15, -0.1) is 6.58 Å². The van der Waals surface area contributed by atoms with E-state index in [1.165, 1.54) is 5.56 Å². The molecule has 0 aliphatic heterocycles. The molecule has 0 saturated carbocycles. The first kappa shape index (κ1) is 15.0. The van der Waals surface area contributed by atoms with E-state index in [-0.39, 0.29) is 5.97 Å². The van der Waals surface area contributed by atoms with E-state index in [2.05, 4.69) is 13.5 Å². The standard InChI is InChI=1S/C19H20O2/c1-3-5-15-7-11-17(12-8-15)19(20)21-18-13-9-16(6-4-2)10-14-18/h3,7-14H,1,4-6H2,2H3. The van der Waals surface area contributed by atoms with E-state index in [1.807, 2.05) is 42.5 Å². The number of hydrogen-bond acceptors (Lipinski definition) is 2. The van der Waals surface area contributed by atoms with Gasteiger partial charge in [0.2, 0.25) is 0 Å². The van der Waals surface area contributed by atoms with Crippen LogP contribution in [-0.4, -0.2) is 5.97 Å². The number of aryl methyl sites for hydroxylation is 1. The molecule has 0 saturated heterocycles. The maximum absolute atomic E-state index is 12.1. The predicted octanol–water partition coefficient (Wildman–Crippen LogP) is 4.59. The van der Waals surface area contributed by atoms with Crippen molar-refractivity contribution in [2.45, 2.75) is 26.2 Å². The minimum absolute atomic E-state index is 0.330. The molecule has 0 aliphatic rings. The number of esters is 1. The molecule has 2 heteroatoms. The van der Waals surface area contributed by atoms with Crippen molar-refractivity contribution in [3.63, 3.8) is 0 Å². The summed E-state index contributed by atoms with van der Waals surface area (Å²) in [7, 11) is 0. The Morgan fingerprint density at radius 3 is 2.24 bits per heavy atom. The zero-order chi connectivity index (χ0) is 15.1. The molecule has 0 spiro atoms. The van der Waals surface area contributed by atoms with Gasteiger partial charge in [-0.05, 0) is 48.2 Å². The SMILES string of the molecule is C=CCc1ccc(C(=O)Oc2ccc(CCC)cc2)cc1. The summed E-state index contributed by atoms with van der Waals surface area (Å²) in [6.45, 7) is 5.84. The average molecular weight is 280 g/mol. The molecule has 2 aromatic carbocycles. The molecular formula is C19H20O2. The lowest BCUT2D eigenvalue weighted by molar-refractivity contribution is 0.0734. The third-order valence-corrected chi connectivity index (χ3v) is 3.24. The van der Waals surface area contributed by atoms with Crippen LogP contribution in [0.4, 0.5) is 0 Å². The molecule has 0 atom stereocenters. The van der Waals surface area contributed by atoms with Gasteiger partial charge in [0, 0.05) is 0 Å². The molecule has 2 aromatic rings. The Kier molecular flexibility index (Phi) is 5.33. The van der Waals surface area contributed by atoms with E-state index in [1.54, 1.807) is 12.1 Å². The summed E-state index contributed by atoms with van der Waals surface area (Å²) in [6.07, 6.45) is 4.79. The van der Waals surface area contributed by atoms with Crippen LogP contribution < -0.4 is 4.74 Å². The Hall–Kier alpha value is -2.35. The molecule has 0 N–H and O–H groups in total. The van der Waals surface area contributed by atoms with Crippen LogP contribution >= 0.6 is 0 Å². The Labute approximate surface area is 126 Å². The summed E-state index contributed by atoms with van der Waals surface area (Å²) >= 11 is 0. The summed E-state index contributed by atoms with van der Waals surface area (Å²) in [5.74, 6) is 0.249. The number of carbonyl (C=O) groups is 1. The number of carbonyl (C=O) groups excluding carboxylic acids is 1. The molecule has 0 fully saturated rings. The van der Waals surface area contributed by atoms with E-state index in [0.29, 0.717) is 11.3 Å². The Morgan fingerprint density at radius 2 is 1.67 bits per heavy atom. The highest BCUT2D eigenvalue weighted by molar-refractivity contribution is 5.91. The van der Waals surface area contributed by atoms with Crippen LogP contribution in [0, 0.1) is 0 Å². The minimum atomic E-state index is -0.330. The van der Waals surface area contributed by atoms with Gasteiger partial charge in [-0.1, -0.05) is 43.7 Å². The average Bonchev–Trinajstić information content (AvgIpc) is 2.50. The summed E-state index contributed by atoms with van der Waals surface area (Å²) in [4.78, 5) is 12.1. The number of rotatable bonds is 6. The molecule has 0 aliphatic carbocycles. The first-order valence-electron chi connectivity index (χ1n) is 7.24. The molecule has 108 valence electrons. The minimum Gasteiger partial charge on any atom is -0.423 e. The van der Waals surface area contributed by atoms with Gasteiger partial charge in [-0.3, -0.25) is 0 Å². The summed E-state index contributed by atoms with van der Waals surface area (Å²) < 4.78 is 5.37. The maximum atomic E-state index is 12.1. The van der Waals surface area contributed by atoms with Crippen molar-refractivity contribution in [3.05, 3.63) is 77.9 Å². The third kappa shape index (κ3) is 4.32. The first-order chi connectivity index (χ1) is 10.2. The van der Waals surface area contributed by atoms with Crippen LogP contribution in [0.15, 0.2) is 61.2 Å². The quantitative estimate of drug-likeness (QED) is 0.439. The monoisotopic (exact) mass is 280 g/mol. The Balaban J connectivity index is 2.01. The predicted molar refractivity (Wildman–Crippen MR) is 85.7 cm³/mol. The molecule has 0 amide bonds. The first-order valence-corrected chi connectivity index (χ1v) is 7.24. The van der Waals surface area contributed by atoms with Crippen LogP contribution in [0.1, 0.15) is 34.8 Å². The number of hydrogen-bond donors (Lipinski definition) is 0. The molecular weight excluding hydrogens is 260 g/mol. The Bertz CT molecular complexity index is 594. The van der Waals surface area contributed by atoms with Crippen LogP contribution in [-0.2, 0) is 12.8 Å². The topological polar surface area (TPSA) is 26.3 Å². The van der Waals surface area contributed by atoms with Crippen LogP contribution in [0.5, 0.6) is 5.75 Å². The van der Waals surface area contributed by atoms with E-state index in [0.717, 1.165) is 24.8 Å². The normalized spacial score (nSPS) is 10.1. The molecule has 0 unspecified atom stereocenters. The van der Waals surface area contributed by atoms with Crippen molar-refractivity contribution < 1.29 is 9.53 Å². The number of allylic oxidation sites excluding steroid dienone is 1. The van der Waals surface area contributed by atoms with Crippen molar-refractivity contribution in [1.82, 2.24) is 0 Å². The lowest BCUT2D eigenvalue weighted by Crippen LogP contribution is -2.08. The summed E-state index contributed by atoms with van der Waals surface area (Å²) in [5, 5.41) is 0. The third-order valence-electron chi connectivity index (χ3n) is 3.24. The van der Waals surface area contributed by atoms with E-state index < -0.39 is 0 Å². The van der Waals surface area contributed by atoms with Crippen molar-refractivity contribution in [2.24, 2.45) is 0 Å². The van der Waals surface area contributed by atoms with Crippen LogP contribution in [0.2, 0.25) is 0 Å². The van der Waals surface area contributed by atoms with Gasteiger partial charge in [-0.2, -0.15) is 0 Å². The molecule has 2 rings (SSSR count). The van der Waals surface area contributed by atoms with Crippen molar-refractivity contribution in [1.29, 1.82) is 0 Å². The van der Waals surface area contributed by atoms with E-state index >= 15 is 0 Å².